The number of hydrogen-bond acceptors (Lipinski definition) is 4. The number of nitrogens with one attached hydrogen (secondary N) is 2. The first-order chi connectivity index (χ1) is 11.4. The molecule has 0 saturated carbocycles. The van der Waals surface area contributed by atoms with E-state index in [0.29, 0.717) is 5.69 Å². The minimum absolute atomic E-state index is 0.117. The highest BCUT2D eigenvalue weighted by molar-refractivity contribution is 9.10. The van der Waals surface area contributed by atoms with Crippen LogP contribution >= 0.6 is 15.9 Å². The highest BCUT2D eigenvalue weighted by Crippen LogP contribution is 2.16. The molecule has 0 aliphatic carbocycles. The lowest BCUT2D eigenvalue weighted by atomic mass is 10.1. The quantitative estimate of drug-likeness (QED) is 0.603. The number of non-ortho nitro benzene ring substituents is 1. The van der Waals surface area contributed by atoms with Crippen molar-refractivity contribution in [2.45, 2.75) is 13.0 Å². The second-order valence-electron chi connectivity index (χ2n) is 5.00. The van der Waals surface area contributed by atoms with Crippen LogP contribution in [0.25, 0.3) is 0 Å². The molecule has 0 aliphatic rings. The zero-order valence-electron chi connectivity index (χ0n) is 12.7. The smallest absolute Gasteiger partial charge is 0.270 e. The molecule has 0 fully saturated rings. The average molecular weight is 392 g/mol. The zero-order chi connectivity index (χ0) is 17.7. The van der Waals surface area contributed by atoms with Crippen LogP contribution in [0.2, 0.25) is 0 Å². The predicted octanol–water partition coefficient (Wildman–Crippen LogP) is 3.11. The van der Waals surface area contributed by atoms with Crippen LogP contribution in [0.15, 0.2) is 53.0 Å². The first-order valence-corrected chi connectivity index (χ1v) is 7.78. The summed E-state index contributed by atoms with van der Waals surface area (Å²) in [7, 11) is 0. The molecule has 2 aromatic rings. The lowest BCUT2D eigenvalue weighted by Crippen LogP contribution is -2.41. The van der Waals surface area contributed by atoms with E-state index < -0.39 is 22.8 Å². The third-order valence-corrected chi connectivity index (χ3v) is 3.65. The van der Waals surface area contributed by atoms with Crippen LogP contribution in [0.4, 0.5) is 11.4 Å². The maximum Gasteiger partial charge on any atom is 0.270 e. The van der Waals surface area contributed by atoms with Gasteiger partial charge in [0.1, 0.15) is 6.04 Å². The fourth-order valence-electron chi connectivity index (χ4n) is 1.92. The summed E-state index contributed by atoms with van der Waals surface area (Å²) < 4.78 is 0.814. The first kappa shape index (κ1) is 17.6. The number of amides is 2. The van der Waals surface area contributed by atoms with Crippen molar-refractivity contribution in [2.75, 3.05) is 5.32 Å². The Labute approximate surface area is 146 Å². The topological polar surface area (TPSA) is 101 Å². The van der Waals surface area contributed by atoms with Gasteiger partial charge in [-0.3, -0.25) is 19.7 Å². The zero-order valence-corrected chi connectivity index (χ0v) is 14.2. The van der Waals surface area contributed by atoms with Crippen molar-refractivity contribution in [3.63, 3.8) is 0 Å². The Balaban J connectivity index is 2.01. The molecular formula is C16H14BrN3O4. The molecule has 124 valence electrons. The molecule has 0 spiro atoms. The summed E-state index contributed by atoms with van der Waals surface area (Å²) in [4.78, 5) is 34.4. The normalized spacial score (nSPS) is 11.4. The second-order valence-corrected chi connectivity index (χ2v) is 5.92. The van der Waals surface area contributed by atoms with Gasteiger partial charge >= 0.3 is 0 Å². The molecule has 2 amide bonds. The van der Waals surface area contributed by atoms with Gasteiger partial charge < -0.3 is 10.6 Å². The van der Waals surface area contributed by atoms with E-state index in [0.717, 1.165) is 10.5 Å². The van der Waals surface area contributed by atoms with Gasteiger partial charge in [0, 0.05) is 27.9 Å². The minimum atomic E-state index is -0.809. The summed E-state index contributed by atoms with van der Waals surface area (Å²) in [6, 6.07) is 11.5. The molecule has 0 saturated heterocycles. The number of nitro benzene ring substituents is 1. The molecule has 0 bridgehead atoms. The number of carbonyl (C=O) groups is 2. The van der Waals surface area contributed by atoms with E-state index in [9.17, 15) is 19.7 Å². The van der Waals surface area contributed by atoms with Gasteiger partial charge in [0.15, 0.2) is 0 Å². The van der Waals surface area contributed by atoms with Crippen LogP contribution in [0, 0.1) is 10.1 Å². The van der Waals surface area contributed by atoms with Crippen LogP contribution in [0.5, 0.6) is 0 Å². The van der Waals surface area contributed by atoms with Crippen LogP contribution in [0.1, 0.15) is 17.3 Å². The summed E-state index contributed by atoms with van der Waals surface area (Å²) >= 11 is 3.30. The molecule has 0 heterocycles. The van der Waals surface area contributed by atoms with E-state index in [1.807, 2.05) is 6.07 Å². The Morgan fingerprint density at radius 3 is 2.54 bits per heavy atom. The molecule has 1 atom stereocenters. The van der Waals surface area contributed by atoms with Gasteiger partial charge in [0.2, 0.25) is 5.91 Å². The van der Waals surface area contributed by atoms with Gasteiger partial charge in [0.05, 0.1) is 4.92 Å². The molecule has 0 aliphatic heterocycles. The molecule has 2 rings (SSSR count). The minimum Gasteiger partial charge on any atom is -0.341 e. The van der Waals surface area contributed by atoms with Crippen molar-refractivity contribution in [2.24, 2.45) is 0 Å². The molecule has 2 N–H and O–H groups in total. The molecule has 0 radical (unpaired) electrons. The highest BCUT2D eigenvalue weighted by Gasteiger charge is 2.18. The number of nitrogens with zero attached hydrogens (tertiary/aromatic N) is 1. The monoisotopic (exact) mass is 391 g/mol. The summed E-state index contributed by atoms with van der Waals surface area (Å²) in [5.74, 6) is -0.956. The van der Waals surface area contributed by atoms with E-state index in [1.165, 1.54) is 25.1 Å². The first-order valence-electron chi connectivity index (χ1n) is 6.98. The van der Waals surface area contributed by atoms with Crippen molar-refractivity contribution in [3.8, 4) is 0 Å². The van der Waals surface area contributed by atoms with Gasteiger partial charge in [0.25, 0.3) is 11.6 Å². The third-order valence-electron chi connectivity index (χ3n) is 3.15. The van der Waals surface area contributed by atoms with Crippen molar-refractivity contribution >= 4 is 39.1 Å². The molecular weight excluding hydrogens is 378 g/mol. The largest absolute Gasteiger partial charge is 0.341 e. The Morgan fingerprint density at radius 1 is 1.17 bits per heavy atom. The van der Waals surface area contributed by atoms with E-state index in [2.05, 4.69) is 26.6 Å². The van der Waals surface area contributed by atoms with E-state index in [4.69, 9.17) is 0 Å². The predicted molar refractivity (Wildman–Crippen MR) is 92.8 cm³/mol. The lowest BCUT2D eigenvalue weighted by molar-refractivity contribution is -0.384. The van der Waals surface area contributed by atoms with Crippen molar-refractivity contribution in [3.05, 3.63) is 68.7 Å². The Bertz CT molecular complexity index is 794. The fraction of sp³-hybridized carbons (Fsp3) is 0.125. The molecule has 0 unspecified atom stereocenters. The van der Waals surface area contributed by atoms with E-state index in [-0.39, 0.29) is 11.3 Å². The number of rotatable bonds is 5. The third kappa shape index (κ3) is 4.63. The molecule has 7 nitrogen and oxygen atoms in total. The molecule has 8 heteroatoms. The number of halogens is 1. The Hall–Kier alpha value is -2.74. The standard InChI is InChI=1S/C16H14BrN3O4/c1-10(15(21)19-13-6-3-5-12(17)9-13)18-16(22)11-4-2-7-14(8-11)20(23)24/h2-10H,1H3,(H,18,22)(H,19,21)/t10-/m0/s1. The second kappa shape index (κ2) is 7.69. The van der Waals surface area contributed by atoms with Crippen molar-refractivity contribution in [1.82, 2.24) is 5.32 Å². The highest BCUT2D eigenvalue weighted by atomic mass is 79.9. The SMILES string of the molecule is C[C@H](NC(=O)c1cccc([N+](=O)[O-])c1)C(=O)Nc1cccc(Br)c1. The number of anilines is 1. The number of carbonyl (C=O) groups excluding carboxylic acids is 2. The van der Waals surface area contributed by atoms with Crippen LogP contribution < -0.4 is 10.6 Å². The van der Waals surface area contributed by atoms with E-state index >= 15 is 0 Å². The molecule has 24 heavy (non-hydrogen) atoms. The lowest BCUT2D eigenvalue weighted by Gasteiger charge is -2.14. The maximum atomic E-state index is 12.1. The van der Waals surface area contributed by atoms with Crippen LogP contribution in [-0.4, -0.2) is 22.8 Å². The Morgan fingerprint density at radius 2 is 1.88 bits per heavy atom. The number of nitro groups is 1. The van der Waals surface area contributed by atoms with Crippen LogP contribution in [0.3, 0.4) is 0 Å². The molecule has 2 aromatic carbocycles. The Kier molecular flexibility index (Phi) is 5.64. The van der Waals surface area contributed by atoms with Gasteiger partial charge in [-0.15, -0.1) is 0 Å². The van der Waals surface area contributed by atoms with Gasteiger partial charge in [-0.1, -0.05) is 28.1 Å². The van der Waals surface area contributed by atoms with E-state index in [1.54, 1.807) is 18.2 Å². The fourth-order valence-corrected chi connectivity index (χ4v) is 2.32. The van der Waals surface area contributed by atoms with Gasteiger partial charge in [-0.25, -0.2) is 0 Å². The van der Waals surface area contributed by atoms with Gasteiger partial charge in [-0.05, 0) is 31.2 Å². The van der Waals surface area contributed by atoms with Crippen molar-refractivity contribution < 1.29 is 14.5 Å². The van der Waals surface area contributed by atoms with Crippen molar-refractivity contribution in [1.29, 1.82) is 0 Å². The summed E-state index contributed by atoms with van der Waals surface area (Å²) in [5, 5.41) is 15.9. The number of benzene rings is 2. The summed E-state index contributed by atoms with van der Waals surface area (Å²) in [6.07, 6.45) is 0. The average Bonchev–Trinajstić information content (AvgIpc) is 2.54. The van der Waals surface area contributed by atoms with Crippen LogP contribution in [-0.2, 0) is 4.79 Å². The summed E-state index contributed by atoms with van der Waals surface area (Å²) in [5.41, 5.74) is 0.519. The van der Waals surface area contributed by atoms with Gasteiger partial charge in [-0.2, -0.15) is 0 Å². The molecule has 0 aromatic heterocycles. The maximum absolute atomic E-state index is 12.1. The number of hydrogen-bond donors (Lipinski definition) is 2. The summed E-state index contributed by atoms with van der Waals surface area (Å²) in [6.45, 7) is 1.53.